The van der Waals surface area contributed by atoms with E-state index in [1.807, 2.05) is 0 Å². The molecule has 1 heterocycles. The largest absolute Gasteiger partial charge is 0.496 e. The van der Waals surface area contributed by atoms with Gasteiger partial charge in [-0.2, -0.15) is 0 Å². The molecule has 7 heteroatoms. The van der Waals surface area contributed by atoms with Crippen LogP contribution in [-0.4, -0.2) is 24.2 Å². The summed E-state index contributed by atoms with van der Waals surface area (Å²) in [6.45, 7) is 0. The van der Waals surface area contributed by atoms with Crippen LogP contribution in [0, 0.1) is 5.82 Å². The minimum atomic E-state index is -0.898. The first kappa shape index (κ1) is 16.9. The second-order valence-electron chi connectivity index (χ2n) is 5.78. The minimum Gasteiger partial charge on any atom is -0.496 e. The number of ether oxygens (including phenoxy) is 2. The van der Waals surface area contributed by atoms with Crippen molar-refractivity contribution >= 4 is 0 Å². The van der Waals surface area contributed by atoms with Crippen LogP contribution in [0.1, 0.15) is 12.1 Å². The molecule has 6 nitrogen and oxygen atoms in total. The second kappa shape index (κ2) is 6.52. The smallest absolute Gasteiger partial charge is 0.137 e. The molecule has 1 aliphatic rings. The standard InChI is InChI=1S/C18H19FN4O2/c1-24-15-4-3-11(19)7-12(15)14-8-17(23-10-22-14)18(21)6-5-16(25-2)13(20)9-18/h3-8,10H,9,20-21H2,1-2H3. The van der Waals surface area contributed by atoms with E-state index < -0.39 is 5.54 Å². The van der Waals surface area contributed by atoms with Crippen LogP contribution in [0.15, 0.2) is 54.2 Å². The lowest BCUT2D eigenvalue weighted by Crippen LogP contribution is -2.39. The average molecular weight is 342 g/mol. The van der Waals surface area contributed by atoms with Gasteiger partial charge in [-0.05, 0) is 30.3 Å². The Hall–Kier alpha value is -2.93. The predicted octanol–water partition coefficient (Wildman–Crippen LogP) is 2.22. The molecule has 0 amide bonds. The molecule has 4 N–H and O–H groups in total. The van der Waals surface area contributed by atoms with Crippen molar-refractivity contribution in [1.29, 1.82) is 0 Å². The molecule has 1 aromatic heterocycles. The van der Waals surface area contributed by atoms with Crippen LogP contribution in [0.25, 0.3) is 11.3 Å². The summed E-state index contributed by atoms with van der Waals surface area (Å²) in [4.78, 5) is 8.51. The molecular weight excluding hydrogens is 323 g/mol. The predicted molar refractivity (Wildman–Crippen MR) is 91.8 cm³/mol. The van der Waals surface area contributed by atoms with Gasteiger partial charge in [-0.25, -0.2) is 14.4 Å². The van der Waals surface area contributed by atoms with Crippen molar-refractivity contribution in [3.05, 3.63) is 65.7 Å². The van der Waals surface area contributed by atoms with Gasteiger partial charge in [0.2, 0.25) is 0 Å². The van der Waals surface area contributed by atoms with Gasteiger partial charge in [0.05, 0.1) is 36.8 Å². The number of hydrogen-bond donors (Lipinski definition) is 2. The van der Waals surface area contributed by atoms with Crippen molar-refractivity contribution in [1.82, 2.24) is 9.97 Å². The maximum Gasteiger partial charge on any atom is 0.137 e. The lowest BCUT2D eigenvalue weighted by atomic mass is 9.86. The molecule has 0 aliphatic heterocycles. The van der Waals surface area contributed by atoms with Crippen molar-refractivity contribution in [3.63, 3.8) is 0 Å². The number of aromatic nitrogens is 2. The van der Waals surface area contributed by atoms with Crippen LogP contribution in [0.4, 0.5) is 4.39 Å². The molecule has 0 fully saturated rings. The summed E-state index contributed by atoms with van der Waals surface area (Å²) < 4.78 is 24.1. The first-order valence-electron chi connectivity index (χ1n) is 7.64. The van der Waals surface area contributed by atoms with Crippen LogP contribution in [0.2, 0.25) is 0 Å². The Morgan fingerprint density at radius 1 is 1.16 bits per heavy atom. The van der Waals surface area contributed by atoms with Crippen LogP contribution in [0.3, 0.4) is 0 Å². The molecule has 1 aromatic carbocycles. The molecule has 25 heavy (non-hydrogen) atoms. The number of methoxy groups -OCH3 is 2. The number of benzene rings is 1. The van der Waals surface area contributed by atoms with Gasteiger partial charge in [0, 0.05) is 12.0 Å². The summed E-state index contributed by atoms with van der Waals surface area (Å²) in [6.07, 6.45) is 5.26. The maximum absolute atomic E-state index is 13.7. The highest BCUT2D eigenvalue weighted by molar-refractivity contribution is 5.67. The van der Waals surface area contributed by atoms with E-state index in [9.17, 15) is 4.39 Å². The Morgan fingerprint density at radius 3 is 2.64 bits per heavy atom. The van der Waals surface area contributed by atoms with E-state index in [0.29, 0.717) is 40.6 Å². The normalized spacial score (nSPS) is 19.8. The van der Waals surface area contributed by atoms with E-state index in [4.69, 9.17) is 20.9 Å². The zero-order valence-corrected chi connectivity index (χ0v) is 14.0. The zero-order valence-electron chi connectivity index (χ0n) is 14.0. The third kappa shape index (κ3) is 3.18. The van der Waals surface area contributed by atoms with Crippen molar-refractivity contribution in [3.8, 4) is 17.0 Å². The Morgan fingerprint density at radius 2 is 1.96 bits per heavy atom. The molecule has 0 radical (unpaired) electrons. The van der Waals surface area contributed by atoms with Crippen LogP contribution < -0.4 is 16.2 Å². The molecule has 130 valence electrons. The van der Waals surface area contributed by atoms with Crippen LogP contribution >= 0.6 is 0 Å². The molecule has 0 spiro atoms. The van der Waals surface area contributed by atoms with Crippen molar-refractivity contribution < 1.29 is 13.9 Å². The highest BCUT2D eigenvalue weighted by Crippen LogP contribution is 2.34. The lowest BCUT2D eigenvalue weighted by Gasteiger charge is -2.29. The van der Waals surface area contributed by atoms with Gasteiger partial charge in [0.15, 0.2) is 0 Å². The van der Waals surface area contributed by atoms with Gasteiger partial charge in [0.1, 0.15) is 23.7 Å². The fourth-order valence-electron chi connectivity index (χ4n) is 2.81. The molecule has 3 rings (SSSR count). The first-order chi connectivity index (χ1) is 12.0. The second-order valence-corrected chi connectivity index (χ2v) is 5.78. The first-order valence-corrected chi connectivity index (χ1v) is 7.64. The van der Waals surface area contributed by atoms with Gasteiger partial charge in [0.25, 0.3) is 0 Å². The summed E-state index contributed by atoms with van der Waals surface area (Å²) in [7, 11) is 3.07. The van der Waals surface area contributed by atoms with E-state index in [1.165, 1.54) is 25.6 Å². The zero-order chi connectivity index (χ0) is 18.0. The van der Waals surface area contributed by atoms with Gasteiger partial charge in [-0.3, -0.25) is 0 Å². The summed E-state index contributed by atoms with van der Waals surface area (Å²) >= 11 is 0. The Balaban J connectivity index is 2.03. The molecule has 0 saturated carbocycles. The highest BCUT2D eigenvalue weighted by atomic mass is 19.1. The molecule has 1 aliphatic carbocycles. The molecule has 1 atom stereocenters. The average Bonchev–Trinajstić information content (AvgIpc) is 2.62. The molecular formula is C18H19FN4O2. The highest BCUT2D eigenvalue weighted by Gasteiger charge is 2.31. The number of halogens is 1. The monoisotopic (exact) mass is 342 g/mol. The number of allylic oxidation sites excluding steroid dienone is 1. The third-order valence-corrected chi connectivity index (χ3v) is 4.13. The summed E-state index contributed by atoms with van der Waals surface area (Å²) in [6, 6.07) is 5.96. The quantitative estimate of drug-likeness (QED) is 0.884. The number of rotatable bonds is 4. The molecule has 1 unspecified atom stereocenters. The maximum atomic E-state index is 13.7. The van der Waals surface area contributed by atoms with Crippen molar-refractivity contribution in [2.45, 2.75) is 12.0 Å². The number of hydrogen-bond acceptors (Lipinski definition) is 6. The third-order valence-electron chi connectivity index (χ3n) is 4.13. The van der Waals surface area contributed by atoms with Gasteiger partial charge in [-0.15, -0.1) is 0 Å². The molecule has 0 bridgehead atoms. The van der Waals surface area contributed by atoms with Crippen LogP contribution in [0.5, 0.6) is 5.75 Å². The Labute approximate surface area is 145 Å². The minimum absolute atomic E-state index is 0.351. The van der Waals surface area contributed by atoms with E-state index in [0.717, 1.165) is 0 Å². The van der Waals surface area contributed by atoms with E-state index in [-0.39, 0.29) is 5.82 Å². The fraction of sp³-hybridized carbons (Fsp3) is 0.222. The SMILES string of the molecule is COC1=C(N)CC(N)(c2cc(-c3cc(F)ccc3OC)ncn2)C=C1. The van der Waals surface area contributed by atoms with Gasteiger partial charge < -0.3 is 20.9 Å². The number of nitrogens with zero attached hydrogens (tertiary/aromatic N) is 2. The fourth-order valence-corrected chi connectivity index (χ4v) is 2.81. The lowest BCUT2D eigenvalue weighted by molar-refractivity contribution is 0.292. The molecule has 0 saturated heterocycles. The van der Waals surface area contributed by atoms with E-state index >= 15 is 0 Å². The summed E-state index contributed by atoms with van der Waals surface area (Å²) in [5.74, 6) is 0.715. The van der Waals surface area contributed by atoms with Gasteiger partial charge >= 0.3 is 0 Å². The van der Waals surface area contributed by atoms with E-state index in [1.54, 1.807) is 31.4 Å². The Kier molecular flexibility index (Phi) is 4.41. The van der Waals surface area contributed by atoms with Gasteiger partial charge in [-0.1, -0.05) is 6.08 Å². The van der Waals surface area contributed by atoms with Crippen molar-refractivity contribution in [2.75, 3.05) is 14.2 Å². The Bertz CT molecular complexity index is 866. The van der Waals surface area contributed by atoms with Crippen LogP contribution in [-0.2, 0) is 10.3 Å². The topological polar surface area (TPSA) is 96.3 Å². The summed E-state index contributed by atoms with van der Waals surface area (Å²) in [5.41, 5.74) is 13.8. The molecule has 2 aromatic rings. The summed E-state index contributed by atoms with van der Waals surface area (Å²) in [5, 5.41) is 0. The number of nitrogens with two attached hydrogens (primary N) is 2. The van der Waals surface area contributed by atoms with E-state index in [2.05, 4.69) is 9.97 Å². The van der Waals surface area contributed by atoms with Crippen molar-refractivity contribution in [2.24, 2.45) is 11.5 Å².